The largest absolute Gasteiger partial charge is 0.356 e. The minimum Gasteiger partial charge on any atom is -0.356 e. The maximum Gasteiger partial charge on any atom is 0.101 e. The van der Waals surface area contributed by atoms with E-state index < -0.39 is 0 Å². The summed E-state index contributed by atoms with van der Waals surface area (Å²) in [6.07, 6.45) is 60.4. The van der Waals surface area contributed by atoms with Gasteiger partial charge >= 0.3 is 0 Å². The van der Waals surface area contributed by atoms with Crippen LogP contribution < -0.4 is 0 Å². The van der Waals surface area contributed by atoms with E-state index in [2.05, 4.69) is 43.0 Å². The van der Waals surface area contributed by atoms with E-state index in [0.29, 0.717) is 6.17 Å². The first kappa shape index (κ1) is 45.4. The Bertz CT molecular complexity index is 630. The minimum atomic E-state index is 0.637. The third kappa shape index (κ3) is 29.1. The van der Waals surface area contributed by atoms with Crippen LogP contribution in [0.2, 0.25) is 0 Å². The summed E-state index contributed by atoms with van der Waals surface area (Å²) in [5.74, 6) is 0. The van der Waals surface area contributed by atoms with Crippen molar-refractivity contribution in [2.75, 3.05) is 13.1 Å². The molecule has 2 nitrogen and oxygen atoms in total. The molecular formula is C46H92N2. The third-order valence-electron chi connectivity index (χ3n) is 11.3. The summed E-state index contributed by atoms with van der Waals surface area (Å²) in [4.78, 5) is 5.46. The molecule has 1 unspecified atom stereocenters. The third-order valence-corrected chi connectivity index (χ3v) is 11.3. The zero-order valence-electron chi connectivity index (χ0n) is 33.9. The fraction of sp³-hybridized carbons (Fsp3) is 0.957. The second kappa shape index (κ2) is 37.6. The van der Waals surface area contributed by atoms with Crippen molar-refractivity contribution in [1.29, 1.82) is 0 Å². The highest BCUT2D eigenvalue weighted by Gasteiger charge is 2.24. The van der Waals surface area contributed by atoms with Crippen molar-refractivity contribution >= 4 is 0 Å². The number of unbranched alkanes of at least 4 members (excludes halogenated alkanes) is 34. The van der Waals surface area contributed by atoms with Crippen molar-refractivity contribution in [2.24, 2.45) is 0 Å². The SMILES string of the molecule is CCCCCCCCCCCCCCCCCCC1N(CCCCCCCCCCCC)C=CN1CCCCCCCCCCCCC. The van der Waals surface area contributed by atoms with Crippen molar-refractivity contribution in [2.45, 2.75) is 271 Å². The Labute approximate surface area is 305 Å². The molecule has 0 aromatic heterocycles. The van der Waals surface area contributed by atoms with Crippen molar-refractivity contribution in [3.05, 3.63) is 12.4 Å². The van der Waals surface area contributed by atoms with Crippen LogP contribution in [-0.4, -0.2) is 29.1 Å². The fourth-order valence-corrected chi connectivity index (χ4v) is 7.95. The van der Waals surface area contributed by atoms with Crippen LogP contribution in [0.5, 0.6) is 0 Å². The van der Waals surface area contributed by atoms with Gasteiger partial charge in [0.15, 0.2) is 0 Å². The number of hydrogen-bond donors (Lipinski definition) is 0. The van der Waals surface area contributed by atoms with Gasteiger partial charge in [-0.15, -0.1) is 0 Å². The predicted octanol–water partition coefficient (Wildman–Crippen LogP) is 16.3. The zero-order chi connectivity index (χ0) is 34.4. The normalized spacial score (nSPS) is 14.6. The van der Waals surface area contributed by atoms with Crippen LogP contribution in [-0.2, 0) is 0 Å². The van der Waals surface area contributed by atoms with E-state index in [1.54, 1.807) is 0 Å². The first-order valence-electron chi connectivity index (χ1n) is 23.0. The van der Waals surface area contributed by atoms with Crippen LogP contribution in [0.4, 0.5) is 0 Å². The molecule has 0 saturated heterocycles. The van der Waals surface area contributed by atoms with Crippen molar-refractivity contribution in [1.82, 2.24) is 9.80 Å². The summed E-state index contributed by atoms with van der Waals surface area (Å²) in [6, 6.07) is 0. The molecule has 1 heterocycles. The van der Waals surface area contributed by atoms with Crippen LogP contribution in [0.25, 0.3) is 0 Å². The molecule has 1 rings (SSSR count). The Hall–Kier alpha value is -0.660. The van der Waals surface area contributed by atoms with Crippen LogP contribution in [0, 0.1) is 0 Å². The summed E-state index contributed by atoms with van der Waals surface area (Å²) in [5.41, 5.74) is 0. The zero-order valence-corrected chi connectivity index (χ0v) is 33.9. The highest BCUT2D eigenvalue weighted by atomic mass is 15.4. The lowest BCUT2D eigenvalue weighted by atomic mass is 10.0. The molecule has 1 aliphatic rings. The van der Waals surface area contributed by atoms with Crippen LogP contribution in [0.1, 0.15) is 265 Å². The Kier molecular flexibility index (Phi) is 35.5. The average molecular weight is 673 g/mol. The molecule has 0 N–H and O–H groups in total. The molecule has 0 bridgehead atoms. The van der Waals surface area contributed by atoms with E-state index in [1.165, 1.54) is 257 Å². The van der Waals surface area contributed by atoms with Gasteiger partial charge in [-0.2, -0.15) is 0 Å². The molecule has 0 saturated carbocycles. The molecule has 0 amide bonds. The van der Waals surface area contributed by atoms with Gasteiger partial charge in [0.25, 0.3) is 0 Å². The van der Waals surface area contributed by atoms with E-state index in [-0.39, 0.29) is 0 Å². The monoisotopic (exact) mass is 673 g/mol. The Morgan fingerprint density at radius 2 is 0.479 bits per heavy atom. The van der Waals surface area contributed by atoms with Gasteiger partial charge in [0, 0.05) is 25.5 Å². The number of rotatable bonds is 40. The van der Waals surface area contributed by atoms with E-state index in [9.17, 15) is 0 Å². The van der Waals surface area contributed by atoms with Gasteiger partial charge in [0.2, 0.25) is 0 Å². The predicted molar refractivity (Wildman–Crippen MR) is 219 cm³/mol. The molecule has 0 fully saturated rings. The van der Waals surface area contributed by atoms with Gasteiger partial charge in [-0.05, 0) is 25.7 Å². The van der Waals surface area contributed by atoms with Crippen molar-refractivity contribution in [3.8, 4) is 0 Å². The van der Waals surface area contributed by atoms with Gasteiger partial charge in [-0.1, -0.05) is 239 Å². The fourth-order valence-electron chi connectivity index (χ4n) is 7.95. The quantitative estimate of drug-likeness (QED) is 0.0598. The summed E-state index contributed by atoms with van der Waals surface area (Å²) in [6.45, 7) is 9.49. The molecule has 48 heavy (non-hydrogen) atoms. The van der Waals surface area contributed by atoms with Gasteiger partial charge < -0.3 is 9.80 Å². The summed E-state index contributed by atoms with van der Waals surface area (Å²) in [7, 11) is 0. The van der Waals surface area contributed by atoms with Crippen molar-refractivity contribution < 1.29 is 0 Å². The van der Waals surface area contributed by atoms with Crippen LogP contribution in [0.15, 0.2) is 12.4 Å². The topological polar surface area (TPSA) is 6.48 Å². The van der Waals surface area contributed by atoms with E-state index in [0.717, 1.165) is 0 Å². The molecule has 0 radical (unpaired) electrons. The molecule has 1 atom stereocenters. The van der Waals surface area contributed by atoms with E-state index >= 15 is 0 Å². The molecule has 0 aromatic rings. The molecule has 0 aliphatic carbocycles. The Morgan fingerprint density at radius 3 is 0.729 bits per heavy atom. The molecule has 1 aliphatic heterocycles. The summed E-state index contributed by atoms with van der Waals surface area (Å²) >= 11 is 0. The first-order valence-corrected chi connectivity index (χ1v) is 23.0. The van der Waals surface area contributed by atoms with Gasteiger partial charge in [0.05, 0.1) is 0 Å². The highest BCUT2D eigenvalue weighted by molar-refractivity contribution is 4.97. The maximum absolute atomic E-state index is 2.73. The van der Waals surface area contributed by atoms with E-state index in [4.69, 9.17) is 0 Å². The number of hydrogen-bond acceptors (Lipinski definition) is 2. The van der Waals surface area contributed by atoms with Gasteiger partial charge in [-0.3, -0.25) is 0 Å². The molecule has 0 aromatic carbocycles. The second-order valence-corrected chi connectivity index (χ2v) is 16.1. The van der Waals surface area contributed by atoms with Gasteiger partial charge in [0.1, 0.15) is 6.17 Å². The highest BCUT2D eigenvalue weighted by Crippen LogP contribution is 2.24. The van der Waals surface area contributed by atoms with E-state index in [1.807, 2.05) is 0 Å². The first-order chi connectivity index (χ1) is 23.8. The Morgan fingerprint density at radius 1 is 0.271 bits per heavy atom. The van der Waals surface area contributed by atoms with Crippen LogP contribution >= 0.6 is 0 Å². The lowest BCUT2D eigenvalue weighted by Gasteiger charge is -2.33. The smallest absolute Gasteiger partial charge is 0.101 e. The summed E-state index contributed by atoms with van der Waals surface area (Å²) < 4.78 is 0. The lowest BCUT2D eigenvalue weighted by Crippen LogP contribution is -2.39. The van der Waals surface area contributed by atoms with Crippen molar-refractivity contribution in [3.63, 3.8) is 0 Å². The summed E-state index contributed by atoms with van der Waals surface area (Å²) in [5, 5.41) is 0. The molecule has 0 spiro atoms. The van der Waals surface area contributed by atoms with Crippen LogP contribution in [0.3, 0.4) is 0 Å². The average Bonchev–Trinajstić information content (AvgIpc) is 3.48. The standard InChI is InChI=1S/C46H92N2/c1-4-7-10-13-16-19-22-23-24-25-26-27-29-32-35-38-41-46-47(42-39-36-33-30-21-18-15-12-9-6-3)44-45-48(46)43-40-37-34-31-28-20-17-14-11-8-5-2/h44-46H,4-43H2,1-3H3. The molecule has 286 valence electrons. The second-order valence-electron chi connectivity index (χ2n) is 16.1. The Balaban J connectivity index is 2.19. The van der Waals surface area contributed by atoms with Gasteiger partial charge in [-0.25, -0.2) is 0 Å². The lowest BCUT2D eigenvalue weighted by molar-refractivity contribution is 0.135. The molecule has 2 heteroatoms. The minimum absolute atomic E-state index is 0.637. The maximum atomic E-state index is 2.73. The number of nitrogens with zero attached hydrogens (tertiary/aromatic N) is 2. The molecular weight excluding hydrogens is 581 g/mol.